The van der Waals surface area contributed by atoms with Gasteiger partial charge in [-0.2, -0.15) is 0 Å². The van der Waals surface area contributed by atoms with Crippen molar-refractivity contribution in [3.8, 4) is 0 Å². The Morgan fingerprint density at radius 1 is 1.60 bits per heavy atom. The van der Waals surface area contributed by atoms with Crippen molar-refractivity contribution < 1.29 is 13.3 Å². The topological polar surface area (TPSA) is 66.2 Å². The van der Waals surface area contributed by atoms with Crippen LogP contribution in [0.3, 0.4) is 0 Å². The molecule has 56 valence electrons. The van der Waals surface area contributed by atoms with Gasteiger partial charge >= 0.3 is 0 Å². The molecule has 1 heterocycles. The van der Waals surface area contributed by atoms with E-state index in [1.807, 2.05) is 0 Å². The van der Waals surface area contributed by atoms with Gasteiger partial charge in [-0.05, 0) is 24.9 Å². The molecule has 10 heavy (non-hydrogen) atoms. The maximum Gasteiger partial charge on any atom is 0.148 e. The summed E-state index contributed by atoms with van der Waals surface area (Å²) < 4.78 is 25.4. The second kappa shape index (κ2) is 2.51. The van der Waals surface area contributed by atoms with Crippen LogP contribution in [0.2, 0.25) is 0 Å². The standard InChI is InChI=1S/C5H7NO3S/c1-3-5(10(7)8)4(2)9-6-3/h1-2H3,(H,7,8)/p-1. The van der Waals surface area contributed by atoms with Crippen LogP contribution in [0.1, 0.15) is 11.5 Å². The number of nitrogens with zero attached hydrogens (tertiary/aromatic N) is 1. The monoisotopic (exact) mass is 160 g/mol. The molecule has 0 saturated heterocycles. The molecule has 0 radical (unpaired) electrons. The Hall–Kier alpha value is -0.680. The van der Waals surface area contributed by atoms with Crippen LogP contribution < -0.4 is 0 Å². The summed E-state index contributed by atoms with van der Waals surface area (Å²) in [7, 11) is 0. The molecular formula is C5H6NO3S-. The lowest BCUT2D eigenvalue weighted by molar-refractivity contribution is 0.390. The third-order valence-electron chi connectivity index (χ3n) is 1.13. The van der Waals surface area contributed by atoms with E-state index in [9.17, 15) is 8.76 Å². The summed E-state index contributed by atoms with van der Waals surface area (Å²) in [5.41, 5.74) is 0.408. The first-order valence-corrected chi connectivity index (χ1v) is 3.72. The Bertz CT molecular complexity index is 248. The second-order valence-corrected chi connectivity index (χ2v) is 2.77. The smallest absolute Gasteiger partial charge is 0.148 e. The Balaban J connectivity index is 3.23. The highest BCUT2D eigenvalue weighted by Crippen LogP contribution is 2.14. The molecule has 0 bridgehead atoms. The fourth-order valence-corrected chi connectivity index (χ4v) is 1.26. The number of aryl methyl sites for hydroxylation is 2. The van der Waals surface area contributed by atoms with Crippen molar-refractivity contribution in [1.82, 2.24) is 5.16 Å². The van der Waals surface area contributed by atoms with Gasteiger partial charge in [-0.25, -0.2) is 0 Å². The summed E-state index contributed by atoms with van der Waals surface area (Å²) >= 11 is -2.23. The predicted molar refractivity (Wildman–Crippen MR) is 33.2 cm³/mol. The van der Waals surface area contributed by atoms with Crippen molar-refractivity contribution in [2.24, 2.45) is 0 Å². The van der Waals surface area contributed by atoms with Gasteiger partial charge in [-0.1, -0.05) is 5.16 Å². The highest BCUT2D eigenvalue weighted by Gasteiger charge is 2.07. The van der Waals surface area contributed by atoms with Gasteiger partial charge in [0.2, 0.25) is 0 Å². The maximum absolute atomic E-state index is 10.4. The van der Waals surface area contributed by atoms with E-state index in [0.29, 0.717) is 11.5 Å². The molecule has 0 aromatic carbocycles. The normalized spacial score (nSPS) is 13.5. The van der Waals surface area contributed by atoms with E-state index in [1.54, 1.807) is 13.8 Å². The minimum atomic E-state index is -2.23. The Morgan fingerprint density at radius 3 is 2.40 bits per heavy atom. The highest BCUT2D eigenvalue weighted by molar-refractivity contribution is 7.79. The fourth-order valence-electron chi connectivity index (χ4n) is 0.713. The molecule has 1 aromatic rings. The minimum Gasteiger partial charge on any atom is -0.768 e. The first kappa shape index (κ1) is 7.43. The molecule has 0 amide bonds. The lowest BCUT2D eigenvalue weighted by Crippen LogP contribution is -1.91. The van der Waals surface area contributed by atoms with E-state index in [2.05, 4.69) is 9.68 Å². The third kappa shape index (κ3) is 1.10. The zero-order valence-corrected chi connectivity index (χ0v) is 6.40. The SMILES string of the molecule is Cc1noc(C)c1S(=O)[O-]. The van der Waals surface area contributed by atoms with Gasteiger partial charge in [0, 0.05) is 0 Å². The van der Waals surface area contributed by atoms with E-state index in [1.165, 1.54) is 0 Å². The molecule has 0 saturated carbocycles. The van der Waals surface area contributed by atoms with Crippen molar-refractivity contribution >= 4 is 11.1 Å². The molecule has 4 nitrogen and oxygen atoms in total. The molecule has 1 rings (SSSR count). The number of rotatable bonds is 1. The molecule has 0 N–H and O–H groups in total. The van der Waals surface area contributed by atoms with Crippen molar-refractivity contribution in [2.45, 2.75) is 18.7 Å². The van der Waals surface area contributed by atoms with Crippen LogP contribution in [-0.4, -0.2) is 13.9 Å². The average Bonchev–Trinajstić information content (AvgIpc) is 2.11. The summed E-state index contributed by atoms with van der Waals surface area (Å²) in [4.78, 5) is 0.167. The van der Waals surface area contributed by atoms with Crippen LogP contribution in [0.15, 0.2) is 9.42 Å². The average molecular weight is 160 g/mol. The molecule has 5 heteroatoms. The summed E-state index contributed by atoms with van der Waals surface area (Å²) in [6.45, 7) is 3.15. The lowest BCUT2D eigenvalue weighted by atomic mass is 10.4. The molecule has 1 unspecified atom stereocenters. The number of hydrogen-bond acceptors (Lipinski definition) is 4. The Kier molecular flexibility index (Phi) is 1.87. The zero-order valence-electron chi connectivity index (χ0n) is 5.58. The van der Waals surface area contributed by atoms with Gasteiger partial charge in [0.25, 0.3) is 0 Å². The third-order valence-corrected chi connectivity index (χ3v) is 2.05. The Labute approximate surface area is 60.5 Å². The fraction of sp³-hybridized carbons (Fsp3) is 0.400. The summed E-state index contributed by atoms with van der Waals surface area (Å²) in [6, 6.07) is 0. The minimum absolute atomic E-state index is 0.167. The van der Waals surface area contributed by atoms with Crippen LogP contribution in [0.25, 0.3) is 0 Å². The quantitative estimate of drug-likeness (QED) is 0.562. The van der Waals surface area contributed by atoms with Crippen LogP contribution in [0, 0.1) is 13.8 Å². The largest absolute Gasteiger partial charge is 0.768 e. The summed E-state index contributed by atoms with van der Waals surface area (Å²) in [6.07, 6.45) is 0. The van der Waals surface area contributed by atoms with Crippen molar-refractivity contribution in [3.63, 3.8) is 0 Å². The van der Waals surface area contributed by atoms with Crippen LogP contribution in [0.5, 0.6) is 0 Å². The Morgan fingerprint density at radius 2 is 2.20 bits per heavy atom. The molecule has 1 atom stereocenters. The van der Waals surface area contributed by atoms with Crippen molar-refractivity contribution in [1.29, 1.82) is 0 Å². The van der Waals surface area contributed by atoms with Gasteiger partial charge in [0.15, 0.2) is 0 Å². The summed E-state index contributed by atoms with van der Waals surface area (Å²) in [5.74, 6) is 0.339. The lowest BCUT2D eigenvalue weighted by Gasteiger charge is -2.00. The van der Waals surface area contributed by atoms with Gasteiger partial charge in [-0.15, -0.1) is 0 Å². The predicted octanol–water partition coefficient (Wildman–Crippen LogP) is 0.529. The van der Waals surface area contributed by atoms with Gasteiger partial charge < -0.3 is 9.08 Å². The first-order chi connectivity index (χ1) is 4.63. The van der Waals surface area contributed by atoms with Gasteiger partial charge in [-0.3, -0.25) is 4.21 Å². The molecule has 0 spiro atoms. The molecule has 0 aliphatic carbocycles. The number of hydrogen-bond donors (Lipinski definition) is 0. The first-order valence-electron chi connectivity index (χ1n) is 2.65. The molecule has 0 aliphatic rings. The van der Waals surface area contributed by atoms with E-state index in [-0.39, 0.29) is 4.90 Å². The van der Waals surface area contributed by atoms with Crippen LogP contribution in [-0.2, 0) is 11.1 Å². The van der Waals surface area contributed by atoms with Gasteiger partial charge in [0.05, 0.1) is 10.6 Å². The van der Waals surface area contributed by atoms with E-state index >= 15 is 0 Å². The molecular weight excluding hydrogens is 154 g/mol. The molecule has 0 aliphatic heterocycles. The molecule has 0 fully saturated rings. The van der Waals surface area contributed by atoms with Crippen LogP contribution in [0.4, 0.5) is 0 Å². The maximum atomic E-state index is 10.4. The van der Waals surface area contributed by atoms with E-state index < -0.39 is 11.1 Å². The number of aromatic nitrogens is 1. The van der Waals surface area contributed by atoms with Crippen molar-refractivity contribution in [2.75, 3.05) is 0 Å². The molecule has 1 aromatic heterocycles. The van der Waals surface area contributed by atoms with E-state index in [4.69, 9.17) is 0 Å². The zero-order chi connectivity index (χ0) is 7.72. The van der Waals surface area contributed by atoms with E-state index in [0.717, 1.165) is 0 Å². The highest BCUT2D eigenvalue weighted by atomic mass is 32.2. The van der Waals surface area contributed by atoms with Crippen LogP contribution >= 0.6 is 0 Å². The van der Waals surface area contributed by atoms with Crippen molar-refractivity contribution in [3.05, 3.63) is 11.5 Å². The van der Waals surface area contributed by atoms with Gasteiger partial charge in [0.1, 0.15) is 5.76 Å². The summed E-state index contributed by atoms with van der Waals surface area (Å²) in [5, 5.41) is 3.47. The second-order valence-electron chi connectivity index (χ2n) is 1.89.